The molecule has 1 fully saturated rings. The van der Waals surface area contributed by atoms with Gasteiger partial charge in [0.05, 0.1) is 5.69 Å². The third-order valence-electron chi connectivity index (χ3n) is 4.92. The number of likely N-dealkylation sites (tertiary alicyclic amines) is 1. The standard InChI is InChI=1S/C18H23N5O4/c24-8-5-15-11-23(21-20-15)10-13-3-6-22(7-4-13)18(25)19-14-1-2-16-17(9-14)27-12-26-16/h1-2,9,11,13,24H,3-8,10,12H2,(H,19,25). The maximum atomic E-state index is 12.5. The van der Waals surface area contributed by atoms with Crippen LogP contribution in [0.15, 0.2) is 24.4 Å². The number of anilines is 1. The number of aliphatic hydroxyl groups is 1. The predicted octanol–water partition coefficient (Wildman–Crippen LogP) is 1.49. The van der Waals surface area contributed by atoms with Crippen molar-refractivity contribution in [2.45, 2.75) is 25.8 Å². The Balaban J connectivity index is 1.26. The average Bonchev–Trinajstić information content (AvgIpc) is 3.31. The van der Waals surface area contributed by atoms with Crippen LogP contribution in [0.2, 0.25) is 0 Å². The van der Waals surface area contributed by atoms with Crippen molar-refractivity contribution in [2.75, 3.05) is 31.8 Å². The zero-order chi connectivity index (χ0) is 18.6. The zero-order valence-corrected chi connectivity index (χ0v) is 15.0. The number of hydrogen-bond acceptors (Lipinski definition) is 6. The molecule has 2 N–H and O–H groups in total. The summed E-state index contributed by atoms with van der Waals surface area (Å²) in [4.78, 5) is 14.3. The summed E-state index contributed by atoms with van der Waals surface area (Å²) in [6.45, 7) is 2.50. The van der Waals surface area contributed by atoms with E-state index in [0.717, 1.165) is 25.1 Å². The summed E-state index contributed by atoms with van der Waals surface area (Å²) in [6.07, 6.45) is 4.25. The molecule has 0 spiro atoms. The largest absolute Gasteiger partial charge is 0.454 e. The van der Waals surface area contributed by atoms with Crippen molar-refractivity contribution in [2.24, 2.45) is 5.92 Å². The van der Waals surface area contributed by atoms with Gasteiger partial charge in [-0.15, -0.1) is 5.10 Å². The summed E-state index contributed by atoms with van der Waals surface area (Å²) in [5, 5.41) is 20.0. The molecule has 2 aliphatic rings. The molecular formula is C18H23N5O4. The van der Waals surface area contributed by atoms with E-state index in [1.807, 2.05) is 21.8 Å². The van der Waals surface area contributed by atoms with Crippen LogP contribution in [-0.2, 0) is 13.0 Å². The summed E-state index contributed by atoms with van der Waals surface area (Å²) < 4.78 is 12.5. The summed E-state index contributed by atoms with van der Waals surface area (Å²) in [7, 11) is 0. The fraction of sp³-hybridized carbons (Fsp3) is 0.500. The van der Waals surface area contributed by atoms with Gasteiger partial charge >= 0.3 is 6.03 Å². The van der Waals surface area contributed by atoms with Crippen molar-refractivity contribution in [3.63, 3.8) is 0 Å². The summed E-state index contributed by atoms with van der Waals surface area (Å²) in [5.74, 6) is 1.81. The molecule has 1 aromatic heterocycles. The van der Waals surface area contributed by atoms with Gasteiger partial charge in [-0.25, -0.2) is 4.79 Å². The van der Waals surface area contributed by atoms with Crippen molar-refractivity contribution < 1.29 is 19.4 Å². The number of aromatic nitrogens is 3. The lowest BCUT2D eigenvalue weighted by Gasteiger charge is -2.31. The number of hydrogen-bond donors (Lipinski definition) is 2. The van der Waals surface area contributed by atoms with E-state index in [1.54, 1.807) is 12.1 Å². The fourth-order valence-corrected chi connectivity index (χ4v) is 3.42. The van der Waals surface area contributed by atoms with Crippen molar-refractivity contribution in [1.82, 2.24) is 19.9 Å². The minimum atomic E-state index is -0.0988. The molecule has 2 aliphatic heterocycles. The Labute approximate surface area is 156 Å². The Bertz CT molecular complexity index is 801. The highest BCUT2D eigenvalue weighted by atomic mass is 16.7. The van der Waals surface area contributed by atoms with Crippen molar-refractivity contribution in [1.29, 1.82) is 0 Å². The van der Waals surface area contributed by atoms with Crippen LogP contribution in [0.1, 0.15) is 18.5 Å². The third-order valence-corrected chi connectivity index (χ3v) is 4.92. The monoisotopic (exact) mass is 373 g/mol. The highest BCUT2D eigenvalue weighted by Crippen LogP contribution is 2.34. The van der Waals surface area contributed by atoms with Gasteiger partial charge in [0.15, 0.2) is 11.5 Å². The van der Waals surface area contributed by atoms with E-state index >= 15 is 0 Å². The Morgan fingerprint density at radius 2 is 2.07 bits per heavy atom. The van der Waals surface area contributed by atoms with Crippen LogP contribution in [0.3, 0.4) is 0 Å². The maximum Gasteiger partial charge on any atom is 0.321 e. The maximum absolute atomic E-state index is 12.5. The number of rotatable bonds is 5. The van der Waals surface area contributed by atoms with E-state index in [2.05, 4.69) is 15.6 Å². The summed E-state index contributed by atoms with van der Waals surface area (Å²) in [5.41, 5.74) is 1.50. The first-order chi connectivity index (χ1) is 13.2. The molecule has 4 rings (SSSR count). The second-order valence-electron chi connectivity index (χ2n) is 6.83. The van der Waals surface area contributed by atoms with Crippen LogP contribution in [0.4, 0.5) is 10.5 Å². The van der Waals surface area contributed by atoms with E-state index in [9.17, 15) is 4.79 Å². The number of fused-ring (bicyclic) bond motifs is 1. The number of carbonyl (C=O) groups is 1. The summed E-state index contributed by atoms with van der Waals surface area (Å²) in [6, 6.07) is 5.29. The highest BCUT2D eigenvalue weighted by molar-refractivity contribution is 5.89. The topological polar surface area (TPSA) is 102 Å². The molecule has 0 atom stereocenters. The van der Waals surface area contributed by atoms with Crippen LogP contribution in [0, 0.1) is 5.92 Å². The number of benzene rings is 1. The Morgan fingerprint density at radius 1 is 1.26 bits per heavy atom. The second-order valence-corrected chi connectivity index (χ2v) is 6.83. The molecule has 3 heterocycles. The Kier molecular flexibility index (Phi) is 5.10. The molecule has 1 saturated heterocycles. The van der Waals surface area contributed by atoms with Crippen molar-refractivity contribution in [3.05, 3.63) is 30.1 Å². The van der Waals surface area contributed by atoms with Gasteiger partial charge in [0, 0.05) is 50.6 Å². The van der Waals surface area contributed by atoms with Gasteiger partial charge < -0.3 is 24.8 Å². The lowest BCUT2D eigenvalue weighted by atomic mass is 9.97. The minimum absolute atomic E-state index is 0.0789. The number of nitrogens with zero attached hydrogens (tertiary/aromatic N) is 4. The van der Waals surface area contributed by atoms with Crippen LogP contribution in [0.5, 0.6) is 11.5 Å². The van der Waals surface area contributed by atoms with E-state index in [4.69, 9.17) is 14.6 Å². The molecule has 9 heteroatoms. The Morgan fingerprint density at radius 3 is 2.89 bits per heavy atom. The molecule has 1 aromatic carbocycles. The lowest BCUT2D eigenvalue weighted by molar-refractivity contribution is 0.174. The molecule has 144 valence electrons. The van der Waals surface area contributed by atoms with E-state index in [0.29, 0.717) is 42.6 Å². The van der Waals surface area contributed by atoms with Gasteiger partial charge in [0.2, 0.25) is 6.79 Å². The number of amides is 2. The van der Waals surface area contributed by atoms with Gasteiger partial charge in [0.25, 0.3) is 0 Å². The SMILES string of the molecule is O=C(Nc1ccc2c(c1)OCO2)N1CCC(Cn2cc(CCO)nn2)CC1. The molecule has 2 aromatic rings. The first-order valence-electron chi connectivity index (χ1n) is 9.17. The molecule has 9 nitrogen and oxygen atoms in total. The normalized spacial score (nSPS) is 16.6. The highest BCUT2D eigenvalue weighted by Gasteiger charge is 2.24. The second kappa shape index (κ2) is 7.83. The van der Waals surface area contributed by atoms with Gasteiger partial charge in [-0.2, -0.15) is 0 Å². The van der Waals surface area contributed by atoms with Gasteiger partial charge in [0.1, 0.15) is 0 Å². The minimum Gasteiger partial charge on any atom is -0.454 e. The quantitative estimate of drug-likeness (QED) is 0.823. The van der Waals surface area contributed by atoms with Crippen molar-refractivity contribution in [3.8, 4) is 11.5 Å². The number of ether oxygens (including phenoxy) is 2. The van der Waals surface area contributed by atoms with Gasteiger partial charge in [-0.1, -0.05) is 5.21 Å². The number of aliphatic hydroxyl groups excluding tert-OH is 1. The molecule has 0 bridgehead atoms. The lowest BCUT2D eigenvalue weighted by Crippen LogP contribution is -2.41. The van der Waals surface area contributed by atoms with Crippen molar-refractivity contribution >= 4 is 11.7 Å². The number of nitrogens with one attached hydrogen (secondary N) is 1. The molecule has 27 heavy (non-hydrogen) atoms. The first-order valence-corrected chi connectivity index (χ1v) is 9.17. The van der Waals surface area contributed by atoms with E-state index in [1.165, 1.54) is 0 Å². The Hall–Kier alpha value is -2.81. The van der Waals surface area contributed by atoms with Crippen LogP contribution < -0.4 is 14.8 Å². The number of piperidine rings is 1. The predicted molar refractivity (Wildman–Crippen MR) is 96.7 cm³/mol. The zero-order valence-electron chi connectivity index (χ0n) is 15.0. The average molecular weight is 373 g/mol. The molecule has 0 aliphatic carbocycles. The van der Waals surface area contributed by atoms with Gasteiger partial charge in [-0.3, -0.25) is 4.68 Å². The van der Waals surface area contributed by atoms with Crippen LogP contribution in [-0.4, -0.2) is 57.5 Å². The number of carbonyl (C=O) groups excluding carboxylic acids is 1. The molecule has 0 unspecified atom stereocenters. The van der Waals surface area contributed by atoms with E-state index in [-0.39, 0.29) is 19.4 Å². The molecule has 0 radical (unpaired) electrons. The number of urea groups is 1. The van der Waals surface area contributed by atoms with Gasteiger partial charge in [-0.05, 0) is 30.9 Å². The first kappa shape index (κ1) is 17.6. The molecule has 2 amide bonds. The third kappa shape index (κ3) is 4.13. The van der Waals surface area contributed by atoms with Crippen LogP contribution >= 0.6 is 0 Å². The molecule has 0 saturated carbocycles. The summed E-state index contributed by atoms with van der Waals surface area (Å²) >= 11 is 0. The molecular weight excluding hydrogens is 350 g/mol. The van der Waals surface area contributed by atoms with Crippen LogP contribution in [0.25, 0.3) is 0 Å². The fourth-order valence-electron chi connectivity index (χ4n) is 3.42. The smallest absolute Gasteiger partial charge is 0.321 e. The van der Waals surface area contributed by atoms with E-state index < -0.39 is 0 Å².